The van der Waals surface area contributed by atoms with Crippen molar-refractivity contribution in [3.63, 3.8) is 0 Å². The summed E-state index contributed by atoms with van der Waals surface area (Å²) in [5, 5.41) is 28.6. The van der Waals surface area contributed by atoms with Gasteiger partial charge in [0.1, 0.15) is 23.5 Å². The summed E-state index contributed by atoms with van der Waals surface area (Å²) in [6.07, 6.45) is 0.929. The fraction of sp³-hybridized carbons (Fsp3) is 0.393. The van der Waals surface area contributed by atoms with Crippen molar-refractivity contribution < 1.29 is 23.1 Å². The molecule has 4 heterocycles. The van der Waals surface area contributed by atoms with Gasteiger partial charge >= 0.3 is 0 Å². The molecule has 0 radical (unpaired) electrons. The number of rotatable bonds is 4. The van der Waals surface area contributed by atoms with Crippen molar-refractivity contribution in [3.05, 3.63) is 83.1 Å². The van der Waals surface area contributed by atoms with Crippen LogP contribution in [0.2, 0.25) is 0 Å². The van der Waals surface area contributed by atoms with Gasteiger partial charge in [0.2, 0.25) is 5.91 Å². The highest BCUT2D eigenvalue weighted by Gasteiger charge is 2.49. The van der Waals surface area contributed by atoms with Crippen LogP contribution in [0.1, 0.15) is 36.7 Å². The van der Waals surface area contributed by atoms with Crippen LogP contribution in [-0.2, 0) is 10.4 Å². The van der Waals surface area contributed by atoms with Gasteiger partial charge < -0.3 is 14.9 Å². The molecule has 2 fully saturated rings. The fourth-order valence-corrected chi connectivity index (χ4v) is 5.97. The van der Waals surface area contributed by atoms with Gasteiger partial charge in [-0.2, -0.15) is 5.26 Å². The standard InChI is InChI=1S/C28H27F3N6O2/c1-16-12-37(13-17(2)28(16,39)18-3-5-19(29)6-4-18)27(38)23-15-36(25-8-7-21(10-32)34-35-25)14-22(23)26-24(31)9-20(30)11-33-26/h3-9,11,16-17,22-23,39H,12-15H2,1-2H3/t16-,17+,22-,23-,28?/m1/s1. The Bertz CT molecular complexity index is 1400. The van der Waals surface area contributed by atoms with Gasteiger partial charge in [-0.25, -0.2) is 13.2 Å². The maximum absolute atomic E-state index is 14.9. The summed E-state index contributed by atoms with van der Waals surface area (Å²) in [6, 6.07) is 11.5. The van der Waals surface area contributed by atoms with Crippen molar-refractivity contribution in [2.75, 3.05) is 31.1 Å². The van der Waals surface area contributed by atoms with E-state index in [1.54, 1.807) is 28.0 Å². The highest BCUT2D eigenvalue weighted by Crippen LogP contribution is 2.43. The number of likely N-dealkylation sites (tertiary alicyclic amines) is 1. The number of anilines is 1. The average Bonchev–Trinajstić information content (AvgIpc) is 3.36. The van der Waals surface area contributed by atoms with E-state index >= 15 is 0 Å². The van der Waals surface area contributed by atoms with Gasteiger partial charge in [-0.05, 0) is 29.8 Å². The second kappa shape index (κ2) is 10.3. The van der Waals surface area contributed by atoms with Gasteiger partial charge in [0.05, 0.1) is 23.4 Å². The number of piperidine rings is 1. The number of halogens is 3. The van der Waals surface area contributed by atoms with Crippen LogP contribution in [0.3, 0.4) is 0 Å². The zero-order valence-electron chi connectivity index (χ0n) is 21.4. The zero-order chi connectivity index (χ0) is 27.9. The lowest BCUT2D eigenvalue weighted by Gasteiger charge is -2.48. The molecule has 1 unspecified atom stereocenters. The maximum Gasteiger partial charge on any atom is 0.228 e. The molecule has 2 aliphatic heterocycles. The minimum Gasteiger partial charge on any atom is -0.384 e. The van der Waals surface area contributed by atoms with E-state index in [-0.39, 0.29) is 55.3 Å². The van der Waals surface area contributed by atoms with Gasteiger partial charge in [-0.3, -0.25) is 9.78 Å². The molecule has 8 nitrogen and oxygen atoms in total. The van der Waals surface area contributed by atoms with Gasteiger partial charge in [0, 0.05) is 50.0 Å². The van der Waals surface area contributed by atoms with E-state index in [2.05, 4.69) is 15.2 Å². The number of aliphatic hydroxyl groups is 1. The molecule has 0 spiro atoms. The molecule has 202 valence electrons. The van der Waals surface area contributed by atoms with Crippen molar-refractivity contribution in [2.45, 2.75) is 25.4 Å². The first-order valence-electron chi connectivity index (χ1n) is 12.7. The summed E-state index contributed by atoms with van der Waals surface area (Å²) in [4.78, 5) is 21.4. The predicted octanol–water partition coefficient (Wildman–Crippen LogP) is 3.38. The number of pyridine rings is 1. The third-order valence-electron chi connectivity index (χ3n) is 8.02. The van der Waals surface area contributed by atoms with Gasteiger partial charge in [-0.15, -0.1) is 10.2 Å². The Balaban J connectivity index is 1.43. The number of carbonyl (C=O) groups is 1. The molecular weight excluding hydrogens is 509 g/mol. The monoisotopic (exact) mass is 536 g/mol. The van der Waals surface area contributed by atoms with E-state index in [0.717, 1.165) is 12.3 Å². The molecule has 39 heavy (non-hydrogen) atoms. The molecule has 3 aromatic rings. The number of amides is 1. The number of benzene rings is 1. The van der Waals surface area contributed by atoms with E-state index < -0.39 is 34.9 Å². The van der Waals surface area contributed by atoms with Crippen LogP contribution in [0.15, 0.2) is 48.7 Å². The Hall–Kier alpha value is -4.04. The first kappa shape index (κ1) is 26.6. The normalized spacial score (nSPS) is 26.9. The molecule has 0 bridgehead atoms. The number of aromatic nitrogens is 3. The van der Waals surface area contributed by atoms with Gasteiger partial charge in [0.15, 0.2) is 11.5 Å². The summed E-state index contributed by atoms with van der Waals surface area (Å²) in [7, 11) is 0. The van der Waals surface area contributed by atoms with Crippen molar-refractivity contribution >= 4 is 11.7 Å². The largest absolute Gasteiger partial charge is 0.384 e. The molecule has 2 aliphatic rings. The molecule has 2 aromatic heterocycles. The van der Waals surface area contributed by atoms with Gasteiger partial charge in [0.25, 0.3) is 0 Å². The topological polar surface area (TPSA) is 106 Å². The minimum absolute atomic E-state index is 0.0141. The number of hydrogen-bond donors (Lipinski definition) is 1. The number of nitriles is 1. The van der Waals surface area contributed by atoms with E-state index in [9.17, 15) is 23.1 Å². The van der Waals surface area contributed by atoms with Crippen LogP contribution < -0.4 is 4.90 Å². The molecule has 0 aliphatic carbocycles. The lowest BCUT2D eigenvalue weighted by molar-refractivity contribution is -0.152. The van der Waals surface area contributed by atoms with Crippen LogP contribution in [0, 0.1) is 46.5 Å². The van der Waals surface area contributed by atoms with E-state index in [4.69, 9.17) is 5.26 Å². The number of hydrogen-bond acceptors (Lipinski definition) is 7. The Morgan fingerprint density at radius 2 is 1.69 bits per heavy atom. The summed E-state index contributed by atoms with van der Waals surface area (Å²) >= 11 is 0. The molecule has 1 N–H and O–H groups in total. The summed E-state index contributed by atoms with van der Waals surface area (Å²) in [5.41, 5.74) is -0.565. The fourth-order valence-electron chi connectivity index (χ4n) is 5.97. The Morgan fingerprint density at radius 3 is 2.28 bits per heavy atom. The van der Waals surface area contributed by atoms with Crippen LogP contribution in [0.25, 0.3) is 0 Å². The number of nitrogens with zero attached hydrogens (tertiary/aromatic N) is 6. The Morgan fingerprint density at radius 1 is 1.00 bits per heavy atom. The van der Waals surface area contributed by atoms with E-state index in [1.807, 2.05) is 19.9 Å². The van der Waals surface area contributed by atoms with Crippen molar-refractivity contribution in [2.24, 2.45) is 17.8 Å². The van der Waals surface area contributed by atoms with Crippen LogP contribution >= 0.6 is 0 Å². The molecule has 5 rings (SSSR count). The first-order chi connectivity index (χ1) is 18.6. The van der Waals surface area contributed by atoms with Gasteiger partial charge in [-0.1, -0.05) is 26.0 Å². The second-order valence-corrected chi connectivity index (χ2v) is 10.4. The zero-order valence-corrected chi connectivity index (χ0v) is 21.4. The maximum atomic E-state index is 14.9. The van der Waals surface area contributed by atoms with E-state index in [0.29, 0.717) is 11.4 Å². The van der Waals surface area contributed by atoms with Crippen LogP contribution in [-0.4, -0.2) is 57.3 Å². The average molecular weight is 537 g/mol. The molecule has 5 atom stereocenters. The molecule has 2 saturated heterocycles. The smallest absolute Gasteiger partial charge is 0.228 e. The molecular formula is C28H27F3N6O2. The van der Waals surface area contributed by atoms with Crippen LogP contribution in [0.4, 0.5) is 19.0 Å². The van der Waals surface area contributed by atoms with Crippen molar-refractivity contribution in [1.29, 1.82) is 5.26 Å². The highest BCUT2D eigenvalue weighted by atomic mass is 19.1. The highest BCUT2D eigenvalue weighted by molar-refractivity contribution is 5.82. The molecule has 0 saturated carbocycles. The van der Waals surface area contributed by atoms with Crippen molar-refractivity contribution in [3.8, 4) is 6.07 Å². The third-order valence-corrected chi connectivity index (χ3v) is 8.02. The second-order valence-electron chi connectivity index (χ2n) is 10.4. The third kappa shape index (κ3) is 4.81. The SMILES string of the molecule is C[C@@H]1CN(C(=O)[C@@H]2CN(c3ccc(C#N)nn3)C[C@H]2c2ncc(F)cc2F)C[C@H](C)C1(O)c1ccc(F)cc1. The quantitative estimate of drug-likeness (QED) is 0.545. The Labute approximate surface area is 223 Å². The minimum atomic E-state index is -1.27. The lowest BCUT2D eigenvalue weighted by Crippen LogP contribution is -2.57. The summed E-state index contributed by atoms with van der Waals surface area (Å²) in [6.45, 7) is 4.51. The lowest BCUT2D eigenvalue weighted by atomic mass is 9.70. The number of carbonyl (C=O) groups excluding carboxylic acids is 1. The van der Waals surface area contributed by atoms with Crippen molar-refractivity contribution in [1.82, 2.24) is 20.1 Å². The van der Waals surface area contributed by atoms with Crippen LogP contribution in [0.5, 0.6) is 0 Å². The van der Waals surface area contributed by atoms with E-state index in [1.165, 1.54) is 18.2 Å². The summed E-state index contributed by atoms with van der Waals surface area (Å²) < 4.78 is 42.0. The predicted molar refractivity (Wildman–Crippen MR) is 135 cm³/mol. The molecule has 11 heteroatoms. The summed E-state index contributed by atoms with van der Waals surface area (Å²) in [5.74, 6) is -4.06. The Kier molecular flexibility index (Phi) is 6.99. The first-order valence-corrected chi connectivity index (χ1v) is 12.7. The molecule has 1 amide bonds. The molecule has 1 aromatic carbocycles.